The monoisotopic (exact) mass is 386 g/mol. The van der Waals surface area contributed by atoms with Crippen molar-refractivity contribution in [1.29, 1.82) is 0 Å². The maximum absolute atomic E-state index is 5.36. The lowest BCUT2D eigenvalue weighted by Crippen LogP contribution is -2.08. The van der Waals surface area contributed by atoms with Crippen molar-refractivity contribution < 1.29 is 4.74 Å². The number of methoxy groups -OCH3 is 1. The van der Waals surface area contributed by atoms with Crippen LogP contribution in [0.25, 0.3) is 22.6 Å². The Morgan fingerprint density at radius 1 is 0.966 bits per heavy atom. The topological polar surface area (TPSA) is 77.8 Å². The Balaban J connectivity index is 1.59. The summed E-state index contributed by atoms with van der Waals surface area (Å²) >= 11 is 0. The van der Waals surface area contributed by atoms with E-state index in [9.17, 15) is 0 Å². The van der Waals surface area contributed by atoms with E-state index in [0.29, 0.717) is 5.82 Å². The number of hydrogen-bond acceptors (Lipinski definition) is 6. The van der Waals surface area contributed by atoms with Gasteiger partial charge >= 0.3 is 0 Å². The van der Waals surface area contributed by atoms with E-state index in [0.717, 1.165) is 47.9 Å². The first-order valence-corrected chi connectivity index (χ1v) is 9.45. The van der Waals surface area contributed by atoms with E-state index >= 15 is 0 Å². The summed E-state index contributed by atoms with van der Waals surface area (Å²) in [5, 5.41) is 3.42. The molecule has 0 aliphatic rings. The Labute approximate surface area is 169 Å². The maximum atomic E-state index is 5.36. The van der Waals surface area contributed by atoms with Gasteiger partial charge in [-0.15, -0.1) is 0 Å². The summed E-state index contributed by atoms with van der Waals surface area (Å²) in [7, 11) is 1.66. The summed E-state index contributed by atoms with van der Waals surface area (Å²) in [6.45, 7) is 1.70. The zero-order chi connectivity index (χ0) is 19.9. The van der Waals surface area contributed by atoms with Gasteiger partial charge in [0.25, 0.3) is 0 Å². The Morgan fingerprint density at radius 2 is 1.86 bits per heavy atom. The van der Waals surface area contributed by atoms with Crippen molar-refractivity contribution in [2.45, 2.75) is 13.0 Å². The van der Waals surface area contributed by atoms with Crippen LogP contribution in [0.2, 0.25) is 0 Å². The number of benzene rings is 1. The van der Waals surface area contributed by atoms with Gasteiger partial charge in [-0.25, -0.2) is 15.0 Å². The molecule has 0 atom stereocenters. The van der Waals surface area contributed by atoms with Crippen LogP contribution in [0.5, 0.6) is 5.75 Å². The molecule has 0 aliphatic carbocycles. The molecule has 0 amide bonds. The summed E-state index contributed by atoms with van der Waals surface area (Å²) in [5.74, 6) is 2.24. The van der Waals surface area contributed by atoms with E-state index < -0.39 is 0 Å². The molecule has 29 heavy (non-hydrogen) atoms. The third-order valence-corrected chi connectivity index (χ3v) is 4.49. The van der Waals surface area contributed by atoms with Gasteiger partial charge in [-0.2, -0.15) is 0 Å². The van der Waals surface area contributed by atoms with Gasteiger partial charge in [-0.3, -0.25) is 4.98 Å². The fraction of sp³-hybridized carbons (Fsp3) is 0.182. The zero-order valence-electron chi connectivity index (χ0n) is 16.2. The van der Waals surface area contributed by atoms with Crippen molar-refractivity contribution in [2.24, 2.45) is 0 Å². The standard InChI is InChI=1S/C22H22N6O/c1-29-19-5-2-4-18(14-19)20-15-21(25-8-3-12-28-13-11-24-16-28)27-22(26-20)17-6-9-23-10-7-17/h2,4-7,9-11,13-16H,3,8,12H2,1H3,(H,25,26,27). The van der Waals surface area contributed by atoms with Crippen LogP contribution in [-0.4, -0.2) is 38.2 Å². The normalized spacial score (nSPS) is 10.7. The molecule has 146 valence electrons. The van der Waals surface area contributed by atoms with E-state index in [-0.39, 0.29) is 0 Å². The van der Waals surface area contributed by atoms with E-state index in [1.807, 2.05) is 55.0 Å². The number of anilines is 1. The van der Waals surface area contributed by atoms with E-state index in [4.69, 9.17) is 14.7 Å². The first kappa shape index (κ1) is 18.6. The average Bonchev–Trinajstić information content (AvgIpc) is 3.31. The molecule has 7 heteroatoms. The lowest BCUT2D eigenvalue weighted by atomic mass is 10.1. The van der Waals surface area contributed by atoms with Gasteiger partial charge in [-0.05, 0) is 30.7 Å². The molecule has 0 unspecified atom stereocenters. The number of pyridine rings is 1. The Kier molecular flexibility index (Phi) is 5.76. The Bertz CT molecular complexity index is 1050. The second kappa shape index (κ2) is 8.97. The highest BCUT2D eigenvalue weighted by Crippen LogP contribution is 2.26. The van der Waals surface area contributed by atoms with E-state index in [1.54, 1.807) is 25.7 Å². The summed E-state index contributed by atoms with van der Waals surface area (Å²) in [6.07, 6.45) is 10.0. The van der Waals surface area contributed by atoms with Crippen molar-refractivity contribution in [3.05, 3.63) is 73.6 Å². The van der Waals surface area contributed by atoms with E-state index in [1.165, 1.54) is 0 Å². The van der Waals surface area contributed by atoms with Crippen molar-refractivity contribution >= 4 is 5.82 Å². The number of ether oxygens (including phenoxy) is 1. The lowest BCUT2D eigenvalue weighted by Gasteiger charge is -2.11. The molecule has 4 rings (SSSR count). The Hall–Kier alpha value is -3.74. The van der Waals surface area contributed by atoms with Crippen molar-refractivity contribution in [3.8, 4) is 28.4 Å². The summed E-state index contributed by atoms with van der Waals surface area (Å²) < 4.78 is 7.42. The van der Waals surface area contributed by atoms with Crippen LogP contribution in [-0.2, 0) is 6.54 Å². The predicted octanol–water partition coefficient (Wildman–Crippen LogP) is 3.91. The van der Waals surface area contributed by atoms with Gasteiger partial charge in [0, 0.05) is 55.1 Å². The van der Waals surface area contributed by atoms with Gasteiger partial charge < -0.3 is 14.6 Å². The Morgan fingerprint density at radius 3 is 2.66 bits per heavy atom. The first-order chi connectivity index (χ1) is 14.3. The van der Waals surface area contributed by atoms with Crippen LogP contribution in [0.3, 0.4) is 0 Å². The quantitative estimate of drug-likeness (QED) is 0.463. The average molecular weight is 386 g/mol. The van der Waals surface area contributed by atoms with E-state index in [2.05, 4.69) is 19.9 Å². The molecule has 7 nitrogen and oxygen atoms in total. The minimum absolute atomic E-state index is 0.657. The molecule has 0 aliphatic heterocycles. The molecule has 0 saturated heterocycles. The van der Waals surface area contributed by atoms with Crippen LogP contribution >= 0.6 is 0 Å². The van der Waals surface area contributed by atoms with Crippen LogP contribution < -0.4 is 10.1 Å². The molecule has 3 heterocycles. The fourth-order valence-electron chi connectivity index (χ4n) is 3.00. The van der Waals surface area contributed by atoms with Crippen molar-refractivity contribution in [3.63, 3.8) is 0 Å². The minimum atomic E-state index is 0.657. The molecule has 0 radical (unpaired) electrons. The van der Waals surface area contributed by atoms with Crippen LogP contribution in [0.15, 0.2) is 73.6 Å². The number of rotatable bonds is 8. The maximum Gasteiger partial charge on any atom is 0.162 e. The number of nitrogens with one attached hydrogen (secondary N) is 1. The van der Waals surface area contributed by atoms with Gasteiger partial charge in [0.15, 0.2) is 5.82 Å². The number of imidazole rings is 1. The molecule has 0 bridgehead atoms. The smallest absolute Gasteiger partial charge is 0.162 e. The molecule has 0 spiro atoms. The SMILES string of the molecule is COc1cccc(-c2cc(NCCCn3ccnc3)nc(-c3ccncc3)n2)c1. The highest BCUT2D eigenvalue weighted by molar-refractivity contribution is 5.68. The molecule has 1 N–H and O–H groups in total. The molecule has 3 aromatic heterocycles. The van der Waals surface area contributed by atoms with Crippen molar-refractivity contribution in [2.75, 3.05) is 19.0 Å². The second-order valence-corrected chi connectivity index (χ2v) is 6.51. The lowest BCUT2D eigenvalue weighted by molar-refractivity contribution is 0.415. The third kappa shape index (κ3) is 4.76. The molecule has 0 fully saturated rings. The van der Waals surface area contributed by atoms with Gasteiger partial charge in [0.05, 0.1) is 19.1 Å². The number of nitrogens with zero attached hydrogens (tertiary/aromatic N) is 5. The van der Waals surface area contributed by atoms with Gasteiger partial charge in [-0.1, -0.05) is 12.1 Å². The molecule has 1 aromatic carbocycles. The van der Waals surface area contributed by atoms with Gasteiger partial charge in [0.2, 0.25) is 0 Å². The number of hydrogen-bond donors (Lipinski definition) is 1. The first-order valence-electron chi connectivity index (χ1n) is 9.45. The third-order valence-electron chi connectivity index (χ3n) is 4.49. The summed E-state index contributed by atoms with van der Waals surface area (Å²) in [6, 6.07) is 13.7. The zero-order valence-corrected chi connectivity index (χ0v) is 16.2. The second-order valence-electron chi connectivity index (χ2n) is 6.51. The van der Waals surface area contributed by atoms with Crippen molar-refractivity contribution in [1.82, 2.24) is 24.5 Å². The van der Waals surface area contributed by atoms with Crippen LogP contribution in [0, 0.1) is 0 Å². The number of aromatic nitrogens is 5. The highest BCUT2D eigenvalue weighted by atomic mass is 16.5. The molecular weight excluding hydrogens is 364 g/mol. The highest BCUT2D eigenvalue weighted by Gasteiger charge is 2.09. The molecule has 0 saturated carbocycles. The van der Waals surface area contributed by atoms with Gasteiger partial charge in [0.1, 0.15) is 11.6 Å². The van der Waals surface area contributed by atoms with Crippen LogP contribution in [0.4, 0.5) is 5.82 Å². The largest absolute Gasteiger partial charge is 0.497 e. The number of aryl methyl sites for hydroxylation is 1. The minimum Gasteiger partial charge on any atom is -0.497 e. The molecule has 4 aromatic rings. The fourth-order valence-corrected chi connectivity index (χ4v) is 3.00. The predicted molar refractivity (Wildman–Crippen MR) is 113 cm³/mol. The summed E-state index contributed by atoms with van der Waals surface area (Å²) in [4.78, 5) is 17.6. The van der Waals surface area contributed by atoms with Crippen LogP contribution in [0.1, 0.15) is 6.42 Å². The summed E-state index contributed by atoms with van der Waals surface area (Å²) in [5.41, 5.74) is 2.73. The molecular formula is C22H22N6O.